The third kappa shape index (κ3) is 10.2. The minimum absolute atomic E-state index is 0.103. The highest BCUT2D eigenvalue weighted by Crippen LogP contribution is 2.18. The second-order valence-corrected chi connectivity index (χ2v) is 6.98. The normalized spacial score (nSPS) is 13.9. The van der Waals surface area contributed by atoms with E-state index in [1.54, 1.807) is 0 Å². The van der Waals surface area contributed by atoms with E-state index < -0.39 is 5.54 Å². The maximum Gasteiger partial charge on any atom is 0.326 e. The number of ether oxygens (including phenoxy) is 1. The van der Waals surface area contributed by atoms with Gasteiger partial charge in [0.2, 0.25) is 0 Å². The van der Waals surface area contributed by atoms with Gasteiger partial charge in [-0.05, 0) is 57.6 Å². The van der Waals surface area contributed by atoms with Crippen molar-refractivity contribution < 1.29 is 9.53 Å². The van der Waals surface area contributed by atoms with Crippen LogP contribution in [0.2, 0.25) is 0 Å². The molecule has 1 N–H and O–H groups in total. The zero-order valence-corrected chi connectivity index (χ0v) is 15.3. The van der Waals surface area contributed by atoms with Gasteiger partial charge in [-0.25, -0.2) is 0 Å². The average Bonchev–Trinajstić information content (AvgIpc) is 2.48. The Balaban J connectivity index is 3.93. The Morgan fingerprint density at radius 2 is 1.71 bits per heavy atom. The van der Waals surface area contributed by atoms with E-state index in [1.165, 1.54) is 37.2 Å². The number of thioether (sulfide) groups is 1. The second kappa shape index (κ2) is 13.4. The SMILES string of the molecule is CCCCCSCCCCC(C)(NCCC)C(=O)OCC. The van der Waals surface area contributed by atoms with Crippen molar-refractivity contribution in [2.45, 2.75) is 78.2 Å². The largest absolute Gasteiger partial charge is 0.465 e. The molecule has 0 heterocycles. The van der Waals surface area contributed by atoms with Crippen LogP contribution in [0.15, 0.2) is 0 Å². The standard InChI is InChI=1S/C17H35NO2S/c1-5-8-10-14-21-15-11-9-12-17(4,18-13-6-2)16(19)20-7-3/h18H,5-15H2,1-4H3. The van der Waals surface area contributed by atoms with Crippen molar-refractivity contribution in [3.8, 4) is 0 Å². The summed E-state index contributed by atoms with van der Waals surface area (Å²) < 4.78 is 5.22. The molecule has 126 valence electrons. The van der Waals surface area contributed by atoms with Gasteiger partial charge in [0.15, 0.2) is 0 Å². The molecule has 0 bridgehead atoms. The van der Waals surface area contributed by atoms with Crippen LogP contribution in [-0.2, 0) is 9.53 Å². The zero-order valence-electron chi connectivity index (χ0n) is 14.5. The van der Waals surface area contributed by atoms with E-state index in [0.29, 0.717) is 6.61 Å². The molecule has 0 aromatic rings. The molecule has 0 aliphatic carbocycles. The lowest BCUT2D eigenvalue weighted by Crippen LogP contribution is -2.50. The maximum atomic E-state index is 12.1. The van der Waals surface area contributed by atoms with Gasteiger partial charge in [-0.2, -0.15) is 11.8 Å². The van der Waals surface area contributed by atoms with E-state index in [4.69, 9.17) is 4.74 Å². The van der Waals surface area contributed by atoms with Crippen LogP contribution in [0.3, 0.4) is 0 Å². The smallest absolute Gasteiger partial charge is 0.326 e. The molecule has 0 spiro atoms. The number of hydrogen-bond donors (Lipinski definition) is 1. The van der Waals surface area contributed by atoms with Gasteiger partial charge in [0, 0.05) is 0 Å². The van der Waals surface area contributed by atoms with Gasteiger partial charge >= 0.3 is 5.97 Å². The highest BCUT2D eigenvalue weighted by atomic mass is 32.2. The number of hydrogen-bond acceptors (Lipinski definition) is 4. The Labute approximate surface area is 136 Å². The lowest BCUT2D eigenvalue weighted by molar-refractivity contribution is -0.150. The predicted octanol–water partition coefficient (Wildman–Crippen LogP) is 4.40. The van der Waals surface area contributed by atoms with Gasteiger partial charge in [-0.1, -0.05) is 33.1 Å². The Morgan fingerprint density at radius 1 is 1.05 bits per heavy atom. The van der Waals surface area contributed by atoms with Crippen LogP contribution in [0.5, 0.6) is 0 Å². The lowest BCUT2D eigenvalue weighted by atomic mass is 9.95. The summed E-state index contributed by atoms with van der Waals surface area (Å²) in [7, 11) is 0. The van der Waals surface area contributed by atoms with Crippen LogP contribution in [0.4, 0.5) is 0 Å². The fraction of sp³-hybridized carbons (Fsp3) is 0.941. The molecule has 1 unspecified atom stereocenters. The van der Waals surface area contributed by atoms with Crippen molar-refractivity contribution in [2.75, 3.05) is 24.7 Å². The summed E-state index contributed by atoms with van der Waals surface area (Å²) in [4.78, 5) is 12.1. The summed E-state index contributed by atoms with van der Waals surface area (Å²) in [5, 5.41) is 3.37. The van der Waals surface area contributed by atoms with Gasteiger partial charge in [0.05, 0.1) is 6.61 Å². The Bertz CT molecular complexity index is 261. The third-order valence-corrected chi connectivity index (χ3v) is 4.75. The fourth-order valence-corrected chi connectivity index (χ4v) is 3.21. The molecule has 0 amide bonds. The van der Waals surface area contributed by atoms with Crippen molar-refractivity contribution in [1.29, 1.82) is 0 Å². The van der Waals surface area contributed by atoms with E-state index >= 15 is 0 Å². The molecule has 0 saturated heterocycles. The second-order valence-electron chi connectivity index (χ2n) is 5.76. The van der Waals surface area contributed by atoms with E-state index in [-0.39, 0.29) is 5.97 Å². The topological polar surface area (TPSA) is 38.3 Å². The van der Waals surface area contributed by atoms with Crippen molar-refractivity contribution in [1.82, 2.24) is 5.32 Å². The first-order valence-electron chi connectivity index (χ1n) is 8.60. The number of carbonyl (C=O) groups is 1. The zero-order chi connectivity index (χ0) is 16.0. The third-order valence-electron chi connectivity index (χ3n) is 3.60. The first kappa shape index (κ1) is 20.8. The van der Waals surface area contributed by atoms with Crippen molar-refractivity contribution in [3.05, 3.63) is 0 Å². The Kier molecular flexibility index (Phi) is 13.3. The molecule has 0 aliphatic rings. The lowest BCUT2D eigenvalue weighted by Gasteiger charge is -2.28. The van der Waals surface area contributed by atoms with Crippen molar-refractivity contribution in [2.24, 2.45) is 0 Å². The van der Waals surface area contributed by atoms with Crippen LogP contribution >= 0.6 is 11.8 Å². The van der Waals surface area contributed by atoms with E-state index in [2.05, 4.69) is 19.2 Å². The van der Waals surface area contributed by atoms with Crippen LogP contribution in [0, 0.1) is 0 Å². The molecule has 0 aromatic heterocycles. The molecule has 0 fully saturated rings. The van der Waals surface area contributed by atoms with E-state index in [9.17, 15) is 4.79 Å². The Hall–Kier alpha value is -0.220. The van der Waals surface area contributed by atoms with Crippen molar-refractivity contribution >= 4 is 17.7 Å². The minimum Gasteiger partial charge on any atom is -0.465 e. The monoisotopic (exact) mass is 317 g/mol. The summed E-state index contributed by atoms with van der Waals surface area (Å²) in [6.07, 6.45) is 8.12. The summed E-state index contributed by atoms with van der Waals surface area (Å²) in [5.74, 6) is 2.38. The van der Waals surface area contributed by atoms with Gasteiger partial charge < -0.3 is 10.1 Å². The van der Waals surface area contributed by atoms with Gasteiger partial charge in [0.1, 0.15) is 5.54 Å². The van der Waals surface area contributed by atoms with Crippen LogP contribution in [0.25, 0.3) is 0 Å². The van der Waals surface area contributed by atoms with Crippen molar-refractivity contribution in [3.63, 3.8) is 0 Å². The number of unbranched alkanes of at least 4 members (excludes halogenated alkanes) is 3. The number of carbonyl (C=O) groups excluding carboxylic acids is 1. The maximum absolute atomic E-state index is 12.1. The predicted molar refractivity (Wildman–Crippen MR) is 94.0 cm³/mol. The van der Waals surface area contributed by atoms with Gasteiger partial charge in [0.25, 0.3) is 0 Å². The minimum atomic E-state index is -0.515. The molecule has 0 aliphatic heterocycles. The highest BCUT2D eigenvalue weighted by molar-refractivity contribution is 7.99. The quantitative estimate of drug-likeness (QED) is 0.381. The summed E-state index contributed by atoms with van der Waals surface area (Å²) >= 11 is 2.04. The number of esters is 1. The number of rotatable bonds is 14. The highest BCUT2D eigenvalue weighted by Gasteiger charge is 2.33. The molecular formula is C17H35NO2S. The Morgan fingerprint density at radius 3 is 2.29 bits per heavy atom. The first-order chi connectivity index (χ1) is 10.1. The van der Waals surface area contributed by atoms with Gasteiger partial charge in [-0.3, -0.25) is 4.79 Å². The fourth-order valence-electron chi connectivity index (χ4n) is 2.19. The first-order valence-corrected chi connectivity index (χ1v) is 9.76. The van der Waals surface area contributed by atoms with E-state index in [0.717, 1.165) is 25.8 Å². The molecule has 0 aromatic carbocycles. The molecule has 0 rings (SSSR count). The van der Waals surface area contributed by atoms with Crippen LogP contribution in [0.1, 0.15) is 72.6 Å². The molecule has 4 heteroatoms. The molecule has 0 saturated carbocycles. The summed E-state index contributed by atoms with van der Waals surface area (Å²) in [5.41, 5.74) is -0.515. The molecule has 0 radical (unpaired) electrons. The van der Waals surface area contributed by atoms with E-state index in [1.807, 2.05) is 25.6 Å². The molecule has 1 atom stereocenters. The average molecular weight is 318 g/mol. The molecular weight excluding hydrogens is 282 g/mol. The number of nitrogens with one attached hydrogen (secondary N) is 1. The molecule has 3 nitrogen and oxygen atoms in total. The summed E-state index contributed by atoms with van der Waals surface area (Å²) in [6, 6.07) is 0. The van der Waals surface area contributed by atoms with Crippen LogP contribution < -0.4 is 5.32 Å². The van der Waals surface area contributed by atoms with Crippen LogP contribution in [-0.4, -0.2) is 36.2 Å². The van der Waals surface area contributed by atoms with Gasteiger partial charge in [-0.15, -0.1) is 0 Å². The summed E-state index contributed by atoms with van der Waals surface area (Å²) in [6.45, 7) is 9.52. The molecule has 21 heavy (non-hydrogen) atoms.